The number of hydrogen-bond acceptors (Lipinski definition) is 5. The Kier molecular flexibility index (Phi) is 5.71. The maximum absolute atomic E-state index is 14.3. The van der Waals surface area contributed by atoms with E-state index in [1.165, 1.54) is 12.1 Å². The monoisotopic (exact) mass is 502 g/mol. The molecule has 4 aliphatic rings. The maximum atomic E-state index is 14.3. The summed E-state index contributed by atoms with van der Waals surface area (Å²) in [5.41, 5.74) is -1.07. The molecule has 36 heavy (non-hydrogen) atoms. The minimum atomic E-state index is -3.20. The third-order valence-corrected chi connectivity index (χ3v) is 8.47. The highest BCUT2D eigenvalue weighted by Gasteiger charge is 2.54. The van der Waals surface area contributed by atoms with E-state index in [2.05, 4.69) is 15.0 Å². The first-order valence-electron chi connectivity index (χ1n) is 12.3. The van der Waals surface area contributed by atoms with Crippen LogP contribution in [0.2, 0.25) is 0 Å². The highest BCUT2D eigenvalue weighted by atomic mass is 19.3. The second-order valence-corrected chi connectivity index (χ2v) is 11.4. The van der Waals surface area contributed by atoms with E-state index in [4.69, 9.17) is 11.1 Å². The summed E-state index contributed by atoms with van der Waals surface area (Å²) in [5, 5.41) is 14.1. The molecule has 10 heteroatoms. The van der Waals surface area contributed by atoms with Crippen LogP contribution in [0.15, 0.2) is 22.7 Å². The predicted molar refractivity (Wildman–Crippen MR) is 124 cm³/mol. The van der Waals surface area contributed by atoms with Crippen LogP contribution in [0.5, 0.6) is 0 Å². The van der Waals surface area contributed by atoms with E-state index >= 15 is 0 Å². The zero-order chi connectivity index (χ0) is 25.9. The van der Waals surface area contributed by atoms with Gasteiger partial charge in [-0.25, -0.2) is 9.24 Å². The topological polar surface area (TPSA) is 83.8 Å². The van der Waals surface area contributed by atoms with Gasteiger partial charge in [0.15, 0.2) is 11.5 Å². The van der Waals surface area contributed by atoms with Gasteiger partial charge in [-0.3, -0.25) is 4.79 Å². The predicted octanol–water partition coefficient (Wildman–Crippen LogP) is 5.66. The van der Waals surface area contributed by atoms with Gasteiger partial charge >= 0.3 is 5.92 Å². The molecule has 2 aromatic rings. The highest BCUT2D eigenvalue weighted by molar-refractivity contribution is 5.96. The number of carbonyl (C=O) groups is 1. The number of benzene rings is 1. The third-order valence-electron chi connectivity index (χ3n) is 8.47. The number of amides is 1. The first-order valence-corrected chi connectivity index (χ1v) is 12.3. The second kappa shape index (κ2) is 8.30. The van der Waals surface area contributed by atoms with Crippen LogP contribution in [0.25, 0.3) is 4.85 Å². The molecule has 192 valence electrons. The molecule has 4 saturated carbocycles. The summed E-state index contributed by atoms with van der Waals surface area (Å²) in [6.07, 6.45) is 4.91. The van der Waals surface area contributed by atoms with Crippen LogP contribution in [0, 0.1) is 23.7 Å². The van der Waals surface area contributed by atoms with Gasteiger partial charge in [-0.2, -0.15) is 13.8 Å². The largest absolute Gasteiger partial charge is 0.390 e. The van der Waals surface area contributed by atoms with Crippen LogP contribution in [-0.2, 0) is 16.1 Å². The molecule has 1 aromatic heterocycles. The lowest BCUT2D eigenvalue weighted by Crippen LogP contribution is -2.54. The average molecular weight is 503 g/mol. The number of aromatic nitrogens is 2. The number of anilines is 1. The van der Waals surface area contributed by atoms with Crippen LogP contribution in [-0.4, -0.2) is 33.3 Å². The SMILES string of the molecule is [C-]#[N+]c1cc(F)cc(N(CC23CCC(c4noc(C(C)(F)F)n4)(CC2)CC3)C(=O)C2CC(C)(O)C2)c1. The number of rotatable bonds is 6. The molecular formula is C26H29F3N4O3. The molecule has 1 aromatic carbocycles. The minimum Gasteiger partial charge on any atom is -0.390 e. The van der Waals surface area contributed by atoms with Crippen molar-refractivity contribution < 1.29 is 27.6 Å². The second-order valence-electron chi connectivity index (χ2n) is 11.4. The van der Waals surface area contributed by atoms with Gasteiger partial charge in [-0.15, -0.1) is 0 Å². The van der Waals surface area contributed by atoms with Crippen molar-refractivity contribution in [1.82, 2.24) is 10.1 Å². The van der Waals surface area contributed by atoms with Crippen molar-refractivity contribution >= 4 is 17.3 Å². The Morgan fingerprint density at radius 2 is 1.86 bits per heavy atom. The van der Waals surface area contributed by atoms with E-state index in [0.29, 0.717) is 50.2 Å². The van der Waals surface area contributed by atoms with Crippen LogP contribution < -0.4 is 4.90 Å². The standard InChI is InChI=1S/C26H29F3N4O3/c1-23(35)13-16(14-23)20(34)33(19-11-17(27)10-18(12-19)30-3)15-25-4-7-26(8-5-25,9-6-25)21-31-22(36-32-21)24(2,28)29/h10-12,16,35H,4-9,13-15H2,1-2H3. The van der Waals surface area contributed by atoms with E-state index in [1.807, 2.05) is 0 Å². The first kappa shape index (κ1) is 24.8. The van der Waals surface area contributed by atoms with Crippen LogP contribution in [0.4, 0.5) is 24.5 Å². The Morgan fingerprint density at radius 1 is 1.22 bits per heavy atom. The molecule has 0 unspecified atom stereocenters. The lowest BCUT2D eigenvalue weighted by Gasteiger charge is -2.54. The Bertz CT molecular complexity index is 1200. The Morgan fingerprint density at radius 3 is 2.39 bits per heavy atom. The number of aliphatic hydroxyl groups is 1. The summed E-state index contributed by atoms with van der Waals surface area (Å²) in [5.74, 6) is -4.67. The zero-order valence-corrected chi connectivity index (χ0v) is 20.4. The Hall–Kier alpha value is -2.93. The molecule has 0 spiro atoms. The van der Waals surface area contributed by atoms with E-state index in [1.54, 1.807) is 11.8 Å². The van der Waals surface area contributed by atoms with Crippen molar-refractivity contribution in [1.29, 1.82) is 0 Å². The van der Waals surface area contributed by atoms with Crippen LogP contribution in [0.1, 0.15) is 76.9 Å². The normalized spacial score (nSPS) is 31.5. The number of carbonyl (C=O) groups excluding carboxylic acids is 1. The van der Waals surface area contributed by atoms with E-state index < -0.39 is 28.6 Å². The lowest BCUT2D eigenvalue weighted by molar-refractivity contribution is -0.137. The van der Waals surface area contributed by atoms with Crippen molar-refractivity contribution in [3.63, 3.8) is 0 Å². The van der Waals surface area contributed by atoms with Gasteiger partial charge < -0.3 is 14.5 Å². The van der Waals surface area contributed by atoms with Gasteiger partial charge in [0, 0.05) is 30.5 Å². The molecule has 7 nitrogen and oxygen atoms in total. The van der Waals surface area contributed by atoms with Gasteiger partial charge in [0.1, 0.15) is 5.82 Å². The summed E-state index contributed by atoms with van der Waals surface area (Å²) in [6, 6.07) is 3.95. The molecule has 1 heterocycles. The van der Waals surface area contributed by atoms with Gasteiger partial charge in [-0.05, 0) is 81.9 Å². The lowest BCUT2D eigenvalue weighted by atomic mass is 9.53. The fourth-order valence-corrected chi connectivity index (χ4v) is 6.26. The van der Waals surface area contributed by atoms with Crippen LogP contribution >= 0.6 is 0 Å². The molecule has 4 fully saturated rings. The molecule has 1 N–H and O–H groups in total. The van der Waals surface area contributed by atoms with Crippen LogP contribution in [0.3, 0.4) is 0 Å². The summed E-state index contributed by atoms with van der Waals surface area (Å²) >= 11 is 0. The Labute approximate surface area is 207 Å². The molecule has 2 bridgehead atoms. The third kappa shape index (κ3) is 4.38. The van der Waals surface area contributed by atoms with Gasteiger partial charge in [0.2, 0.25) is 5.91 Å². The van der Waals surface area contributed by atoms with Crippen molar-refractivity contribution in [2.24, 2.45) is 11.3 Å². The molecule has 1 amide bonds. The molecule has 0 saturated heterocycles. The number of fused-ring (bicyclic) bond motifs is 3. The molecular weight excluding hydrogens is 473 g/mol. The van der Waals surface area contributed by atoms with Crippen molar-refractivity contribution in [2.45, 2.75) is 82.2 Å². The summed E-state index contributed by atoms with van der Waals surface area (Å²) in [4.78, 5) is 22.5. The molecule has 0 atom stereocenters. The van der Waals surface area contributed by atoms with E-state index in [0.717, 1.165) is 32.3 Å². The van der Waals surface area contributed by atoms with E-state index in [-0.39, 0.29) is 22.9 Å². The first-order chi connectivity index (χ1) is 16.8. The molecule has 0 radical (unpaired) electrons. The van der Waals surface area contributed by atoms with Crippen molar-refractivity contribution in [3.8, 4) is 0 Å². The summed E-state index contributed by atoms with van der Waals surface area (Å²) < 4.78 is 46.5. The fraction of sp³-hybridized carbons (Fsp3) is 0.615. The zero-order valence-electron chi connectivity index (χ0n) is 20.4. The maximum Gasteiger partial charge on any atom is 0.322 e. The van der Waals surface area contributed by atoms with Crippen molar-refractivity contribution in [2.75, 3.05) is 11.4 Å². The molecule has 4 aliphatic carbocycles. The molecule has 0 aliphatic heterocycles. The number of alkyl halides is 2. The van der Waals surface area contributed by atoms with Gasteiger partial charge in [0.25, 0.3) is 5.89 Å². The Balaban J connectivity index is 1.39. The smallest absolute Gasteiger partial charge is 0.322 e. The van der Waals surface area contributed by atoms with Crippen molar-refractivity contribution in [3.05, 3.63) is 47.1 Å². The number of hydrogen-bond donors (Lipinski definition) is 1. The van der Waals surface area contributed by atoms with Gasteiger partial charge in [-0.1, -0.05) is 5.16 Å². The number of halogens is 3. The summed E-state index contributed by atoms with van der Waals surface area (Å²) in [7, 11) is 0. The minimum absolute atomic E-state index is 0.118. The molecule has 6 rings (SSSR count). The fourth-order valence-electron chi connectivity index (χ4n) is 6.26. The quantitative estimate of drug-likeness (QED) is 0.516. The average Bonchev–Trinajstić information content (AvgIpc) is 3.33. The summed E-state index contributed by atoms with van der Waals surface area (Å²) in [6.45, 7) is 10.1. The van der Waals surface area contributed by atoms with E-state index in [9.17, 15) is 23.1 Å². The highest BCUT2D eigenvalue weighted by Crippen LogP contribution is 2.58. The number of nitrogens with zero attached hydrogens (tertiary/aromatic N) is 4. The van der Waals surface area contributed by atoms with Gasteiger partial charge in [0.05, 0.1) is 12.2 Å².